The predicted octanol–water partition coefficient (Wildman–Crippen LogP) is 5.96. The molecule has 3 rings (SSSR count). The third kappa shape index (κ3) is 5.65. The molecule has 5 heteroatoms. The molecule has 1 aliphatic carbocycles. The summed E-state index contributed by atoms with van der Waals surface area (Å²) in [4.78, 5) is 12.2. The fourth-order valence-corrected chi connectivity index (χ4v) is 3.50. The maximum Gasteiger partial charge on any atom is 0.224 e. The summed E-state index contributed by atoms with van der Waals surface area (Å²) in [6, 6.07) is 14.7. The first-order valence-electron chi connectivity index (χ1n) is 8.56. The SMILES string of the molecule is O=C(CC1CCC(Oc2cccc(Cl)c2)CC1)Nc1ccc(Cl)cc1. The first kappa shape index (κ1) is 18.1. The Morgan fingerprint density at radius 1 is 1.00 bits per heavy atom. The smallest absolute Gasteiger partial charge is 0.224 e. The molecule has 132 valence electrons. The molecular formula is C20H21Cl2NO2. The van der Waals surface area contributed by atoms with Gasteiger partial charge in [-0.15, -0.1) is 0 Å². The molecule has 0 radical (unpaired) electrons. The van der Waals surface area contributed by atoms with Crippen LogP contribution in [0.25, 0.3) is 0 Å². The Labute approximate surface area is 158 Å². The van der Waals surface area contributed by atoms with Gasteiger partial charge in [0.25, 0.3) is 0 Å². The molecule has 25 heavy (non-hydrogen) atoms. The topological polar surface area (TPSA) is 38.3 Å². The van der Waals surface area contributed by atoms with Crippen LogP contribution in [0.15, 0.2) is 48.5 Å². The number of carbonyl (C=O) groups is 1. The van der Waals surface area contributed by atoms with E-state index in [2.05, 4.69) is 5.32 Å². The first-order chi connectivity index (χ1) is 12.1. The number of amides is 1. The molecule has 2 aromatic rings. The van der Waals surface area contributed by atoms with Crippen molar-refractivity contribution in [3.63, 3.8) is 0 Å². The number of ether oxygens (including phenoxy) is 1. The van der Waals surface area contributed by atoms with Gasteiger partial charge in [-0.2, -0.15) is 0 Å². The number of nitrogens with one attached hydrogen (secondary N) is 1. The molecule has 1 fully saturated rings. The molecule has 0 aromatic heterocycles. The lowest BCUT2D eigenvalue weighted by Crippen LogP contribution is -2.26. The Kier molecular flexibility index (Phi) is 6.22. The molecule has 1 N–H and O–H groups in total. The Hall–Kier alpha value is -1.71. The molecule has 3 nitrogen and oxygen atoms in total. The van der Waals surface area contributed by atoms with Gasteiger partial charge in [0, 0.05) is 22.2 Å². The van der Waals surface area contributed by atoms with Crippen molar-refractivity contribution in [2.75, 3.05) is 5.32 Å². The zero-order chi connectivity index (χ0) is 17.6. The summed E-state index contributed by atoms with van der Waals surface area (Å²) in [6.07, 6.45) is 4.68. The van der Waals surface area contributed by atoms with Crippen molar-refractivity contribution in [2.24, 2.45) is 5.92 Å². The number of anilines is 1. The zero-order valence-electron chi connectivity index (χ0n) is 13.9. The molecule has 0 heterocycles. The third-order valence-electron chi connectivity index (χ3n) is 4.49. The second kappa shape index (κ2) is 8.59. The van der Waals surface area contributed by atoms with Gasteiger partial charge < -0.3 is 10.1 Å². The highest BCUT2D eigenvalue weighted by atomic mass is 35.5. The van der Waals surface area contributed by atoms with E-state index in [-0.39, 0.29) is 12.0 Å². The van der Waals surface area contributed by atoms with E-state index in [4.69, 9.17) is 27.9 Å². The van der Waals surface area contributed by atoms with Crippen LogP contribution in [0.3, 0.4) is 0 Å². The number of hydrogen-bond acceptors (Lipinski definition) is 2. The molecule has 0 saturated heterocycles. The summed E-state index contributed by atoms with van der Waals surface area (Å²) in [5, 5.41) is 4.28. The highest BCUT2D eigenvalue weighted by Gasteiger charge is 2.24. The van der Waals surface area contributed by atoms with Gasteiger partial charge in [-0.3, -0.25) is 4.79 Å². The zero-order valence-corrected chi connectivity index (χ0v) is 15.4. The normalized spacial score (nSPS) is 20.1. The quantitative estimate of drug-likeness (QED) is 0.697. The third-order valence-corrected chi connectivity index (χ3v) is 4.98. The number of halogens is 2. The maximum absolute atomic E-state index is 12.2. The van der Waals surface area contributed by atoms with Crippen molar-refractivity contribution < 1.29 is 9.53 Å². The molecule has 1 amide bonds. The molecule has 1 aliphatic rings. The number of benzene rings is 2. The van der Waals surface area contributed by atoms with E-state index in [0.29, 0.717) is 22.4 Å². The van der Waals surface area contributed by atoms with Crippen LogP contribution in [0.5, 0.6) is 5.75 Å². The highest BCUT2D eigenvalue weighted by Crippen LogP contribution is 2.30. The van der Waals surface area contributed by atoms with Crippen molar-refractivity contribution >= 4 is 34.8 Å². The van der Waals surface area contributed by atoms with Crippen LogP contribution in [0, 0.1) is 5.92 Å². The number of rotatable bonds is 5. The molecule has 2 aromatic carbocycles. The molecule has 0 spiro atoms. The average molecular weight is 378 g/mol. The summed E-state index contributed by atoms with van der Waals surface area (Å²) >= 11 is 11.8. The van der Waals surface area contributed by atoms with Gasteiger partial charge in [-0.05, 0) is 74.1 Å². The summed E-state index contributed by atoms with van der Waals surface area (Å²) in [5.41, 5.74) is 0.785. The van der Waals surface area contributed by atoms with E-state index in [1.165, 1.54) is 0 Å². The summed E-state index contributed by atoms with van der Waals surface area (Å²) in [7, 11) is 0. The van der Waals surface area contributed by atoms with Crippen molar-refractivity contribution in [1.82, 2.24) is 0 Å². The number of hydrogen-bond donors (Lipinski definition) is 1. The van der Waals surface area contributed by atoms with Crippen molar-refractivity contribution in [3.05, 3.63) is 58.6 Å². The van der Waals surface area contributed by atoms with E-state index < -0.39 is 0 Å². The van der Waals surface area contributed by atoms with Gasteiger partial charge in [-0.25, -0.2) is 0 Å². The number of carbonyl (C=O) groups excluding carboxylic acids is 1. The van der Waals surface area contributed by atoms with Crippen molar-refractivity contribution in [3.8, 4) is 5.75 Å². The van der Waals surface area contributed by atoms with Crippen molar-refractivity contribution in [2.45, 2.75) is 38.2 Å². The Morgan fingerprint density at radius 3 is 2.40 bits per heavy atom. The van der Waals surface area contributed by atoms with Crippen LogP contribution in [0.4, 0.5) is 5.69 Å². The van der Waals surface area contributed by atoms with Crippen LogP contribution >= 0.6 is 23.2 Å². The van der Waals surface area contributed by atoms with Gasteiger partial charge in [0.1, 0.15) is 5.75 Å². The summed E-state index contributed by atoms with van der Waals surface area (Å²) in [5.74, 6) is 1.28. The monoisotopic (exact) mass is 377 g/mol. The predicted molar refractivity (Wildman–Crippen MR) is 103 cm³/mol. The van der Waals surface area contributed by atoms with Crippen LogP contribution in [-0.2, 0) is 4.79 Å². The van der Waals surface area contributed by atoms with Crippen molar-refractivity contribution in [1.29, 1.82) is 0 Å². The fourth-order valence-electron chi connectivity index (χ4n) is 3.19. The second-order valence-electron chi connectivity index (χ2n) is 6.48. The lowest BCUT2D eigenvalue weighted by molar-refractivity contribution is -0.117. The minimum atomic E-state index is 0.0570. The van der Waals surface area contributed by atoms with Gasteiger partial charge in [0.2, 0.25) is 5.91 Å². The Balaban J connectivity index is 1.42. The van der Waals surface area contributed by atoms with E-state index in [9.17, 15) is 4.79 Å². The Morgan fingerprint density at radius 2 is 1.72 bits per heavy atom. The van der Waals surface area contributed by atoms with Gasteiger partial charge in [0.05, 0.1) is 6.10 Å². The average Bonchev–Trinajstić information content (AvgIpc) is 2.59. The standard InChI is InChI=1S/C20H21Cl2NO2/c21-15-6-8-17(9-7-15)23-20(24)12-14-4-10-18(11-5-14)25-19-3-1-2-16(22)13-19/h1-3,6-9,13-14,18H,4-5,10-12H2,(H,23,24). The molecule has 0 bridgehead atoms. The first-order valence-corrected chi connectivity index (χ1v) is 9.32. The molecular weight excluding hydrogens is 357 g/mol. The molecule has 0 unspecified atom stereocenters. The lowest BCUT2D eigenvalue weighted by Gasteiger charge is -2.28. The van der Waals surface area contributed by atoms with E-state index in [1.807, 2.05) is 36.4 Å². The van der Waals surface area contributed by atoms with Gasteiger partial charge >= 0.3 is 0 Å². The van der Waals surface area contributed by atoms with Crippen LogP contribution in [0.1, 0.15) is 32.1 Å². The largest absolute Gasteiger partial charge is 0.490 e. The fraction of sp³-hybridized carbons (Fsp3) is 0.350. The van der Waals surface area contributed by atoms with Gasteiger partial charge in [-0.1, -0.05) is 29.3 Å². The van der Waals surface area contributed by atoms with Crippen LogP contribution in [0.2, 0.25) is 10.0 Å². The minimum Gasteiger partial charge on any atom is -0.490 e. The highest BCUT2D eigenvalue weighted by molar-refractivity contribution is 6.31. The van der Waals surface area contributed by atoms with Crippen LogP contribution < -0.4 is 10.1 Å². The van der Waals surface area contributed by atoms with Gasteiger partial charge in [0.15, 0.2) is 0 Å². The second-order valence-corrected chi connectivity index (χ2v) is 7.35. The van der Waals surface area contributed by atoms with E-state index in [1.54, 1.807) is 12.1 Å². The Bertz CT molecular complexity index is 710. The lowest BCUT2D eigenvalue weighted by atomic mass is 9.85. The summed E-state index contributed by atoms with van der Waals surface area (Å²) < 4.78 is 6.00. The molecule has 0 aliphatic heterocycles. The van der Waals surface area contributed by atoms with Crippen LogP contribution in [-0.4, -0.2) is 12.0 Å². The minimum absolute atomic E-state index is 0.0570. The molecule has 0 atom stereocenters. The van der Waals surface area contributed by atoms with E-state index >= 15 is 0 Å². The summed E-state index contributed by atoms with van der Waals surface area (Å²) in [6.45, 7) is 0. The molecule has 1 saturated carbocycles. The maximum atomic E-state index is 12.2. The van der Waals surface area contributed by atoms with E-state index in [0.717, 1.165) is 37.1 Å².